The van der Waals surface area contributed by atoms with Crippen LogP contribution in [-0.4, -0.2) is 13.1 Å². The third-order valence-corrected chi connectivity index (χ3v) is 3.76. The lowest BCUT2D eigenvalue weighted by Gasteiger charge is -2.40. The first-order valence-electron chi connectivity index (χ1n) is 6.49. The van der Waals surface area contributed by atoms with Crippen LogP contribution in [0, 0.1) is 0 Å². The van der Waals surface area contributed by atoms with Gasteiger partial charge in [0.25, 0.3) is 0 Å². The monoisotopic (exact) mass is 217 g/mol. The lowest BCUT2D eigenvalue weighted by Crippen LogP contribution is -2.37. The van der Waals surface area contributed by atoms with Crippen molar-refractivity contribution in [3.8, 4) is 0 Å². The molecule has 0 aliphatic carbocycles. The van der Waals surface area contributed by atoms with Gasteiger partial charge in [0.05, 0.1) is 0 Å². The highest BCUT2D eigenvalue weighted by Gasteiger charge is 2.30. The second-order valence-corrected chi connectivity index (χ2v) is 5.49. The van der Waals surface area contributed by atoms with Crippen LogP contribution >= 0.6 is 0 Å². The molecule has 1 aromatic rings. The molecule has 0 radical (unpaired) electrons. The maximum Gasteiger partial charge on any atom is 0.0404 e. The molecule has 16 heavy (non-hydrogen) atoms. The van der Waals surface area contributed by atoms with Crippen molar-refractivity contribution in [1.29, 1.82) is 0 Å². The predicted molar refractivity (Wildman–Crippen MR) is 71.2 cm³/mol. The zero-order valence-corrected chi connectivity index (χ0v) is 10.8. The molecular formula is C15H23N. The molecule has 0 aromatic heterocycles. The van der Waals surface area contributed by atoms with Crippen molar-refractivity contribution >= 4 is 5.69 Å². The second-order valence-electron chi connectivity index (χ2n) is 5.49. The number of rotatable bonds is 3. The van der Waals surface area contributed by atoms with Crippen molar-refractivity contribution in [2.45, 2.75) is 45.4 Å². The van der Waals surface area contributed by atoms with Crippen LogP contribution in [0.5, 0.6) is 0 Å². The van der Waals surface area contributed by atoms with Crippen LogP contribution in [0.2, 0.25) is 0 Å². The van der Waals surface area contributed by atoms with Crippen LogP contribution in [0.25, 0.3) is 0 Å². The topological polar surface area (TPSA) is 3.24 Å². The zero-order valence-electron chi connectivity index (χ0n) is 10.8. The van der Waals surface area contributed by atoms with Gasteiger partial charge >= 0.3 is 0 Å². The molecule has 1 heteroatoms. The summed E-state index contributed by atoms with van der Waals surface area (Å²) in [5, 5.41) is 0. The molecule has 0 N–H and O–H groups in total. The first-order valence-corrected chi connectivity index (χ1v) is 6.49. The number of unbranched alkanes of at least 4 members (excludes halogenated alkanes) is 1. The maximum atomic E-state index is 2.56. The van der Waals surface area contributed by atoms with E-state index in [9.17, 15) is 0 Å². The number of hydrogen-bond donors (Lipinski definition) is 0. The van der Waals surface area contributed by atoms with E-state index in [1.165, 1.54) is 43.6 Å². The minimum atomic E-state index is 0.347. The van der Waals surface area contributed by atoms with Gasteiger partial charge in [-0.15, -0.1) is 0 Å². The molecule has 1 aliphatic heterocycles. The quantitative estimate of drug-likeness (QED) is 0.740. The molecule has 0 fully saturated rings. The third-order valence-electron chi connectivity index (χ3n) is 3.76. The van der Waals surface area contributed by atoms with E-state index in [-0.39, 0.29) is 0 Å². The van der Waals surface area contributed by atoms with E-state index in [2.05, 4.69) is 49.9 Å². The van der Waals surface area contributed by atoms with Crippen LogP contribution in [0.3, 0.4) is 0 Å². The Kier molecular flexibility index (Phi) is 3.22. The summed E-state index contributed by atoms with van der Waals surface area (Å²) in [6.07, 6.45) is 3.85. The van der Waals surface area contributed by atoms with E-state index in [1.54, 1.807) is 0 Å². The van der Waals surface area contributed by atoms with Gasteiger partial charge in [0.15, 0.2) is 0 Å². The molecule has 2 rings (SSSR count). The molecule has 1 aromatic carbocycles. The van der Waals surface area contributed by atoms with Crippen molar-refractivity contribution in [3.05, 3.63) is 29.8 Å². The Balaban J connectivity index is 2.28. The first-order chi connectivity index (χ1) is 7.65. The normalized spacial score (nSPS) is 18.3. The SMILES string of the molecule is CCCCN1CCC(C)(C)c2ccccc21. The first kappa shape index (κ1) is 11.5. The summed E-state index contributed by atoms with van der Waals surface area (Å²) in [5.41, 5.74) is 3.34. The molecule has 88 valence electrons. The van der Waals surface area contributed by atoms with Crippen molar-refractivity contribution in [3.63, 3.8) is 0 Å². The van der Waals surface area contributed by atoms with E-state index in [0.717, 1.165) is 0 Å². The van der Waals surface area contributed by atoms with Crippen molar-refractivity contribution in [1.82, 2.24) is 0 Å². The molecule has 0 unspecified atom stereocenters. The average Bonchev–Trinajstić information content (AvgIpc) is 2.29. The Morgan fingerprint density at radius 3 is 2.75 bits per heavy atom. The fourth-order valence-electron chi connectivity index (χ4n) is 2.57. The Bertz CT molecular complexity index is 354. The smallest absolute Gasteiger partial charge is 0.0404 e. The van der Waals surface area contributed by atoms with Crippen LogP contribution in [-0.2, 0) is 5.41 Å². The van der Waals surface area contributed by atoms with E-state index in [1.807, 2.05) is 0 Å². The van der Waals surface area contributed by atoms with Gasteiger partial charge in [-0.3, -0.25) is 0 Å². The van der Waals surface area contributed by atoms with Gasteiger partial charge in [0, 0.05) is 18.8 Å². The van der Waals surface area contributed by atoms with Crippen molar-refractivity contribution < 1.29 is 0 Å². The van der Waals surface area contributed by atoms with Crippen LogP contribution in [0.15, 0.2) is 24.3 Å². The molecule has 0 bridgehead atoms. The highest BCUT2D eigenvalue weighted by Crippen LogP contribution is 2.39. The summed E-state index contributed by atoms with van der Waals surface area (Å²) in [4.78, 5) is 2.56. The standard InChI is InChI=1S/C15H23N/c1-4-5-11-16-12-10-15(2,3)13-8-6-7-9-14(13)16/h6-9H,4-5,10-12H2,1-3H3. The maximum absolute atomic E-state index is 2.56. The van der Waals surface area contributed by atoms with Crippen LogP contribution < -0.4 is 4.90 Å². The summed E-state index contributed by atoms with van der Waals surface area (Å²) in [5.74, 6) is 0. The Morgan fingerprint density at radius 1 is 1.25 bits per heavy atom. The Labute approximate surface area is 99.5 Å². The lowest BCUT2D eigenvalue weighted by atomic mass is 9.77. The highest BCUT2D eigenvalue weighted by atomic mass is 15.1. The van der Waals surface area contributed by atoms with Gasteiger partial charge in [-0.1, -0.05) is 45.4 Å². The van der Waals surface area contributed by atoms with E-state index >= 15 is 0 Å². The fourth-order valence-corrected chi connectivity index (χ4v) is 2.57. The summed E-state index contributed by atoms with van der Waals surface area (Å²) < 4.78 is 0. The highest BCUT2D eigenvalue weighted by molar-refractivity contribution is 5.58. The van der Waals surface area contributed by atoms with Gasteiger partial charge in [-0.2, -0.15) is 0 Å². The van der Waals surface area contributed by atoms with Crippen LogP contribution in [0.4, 0.5) is 5.69 Å². The molecule has 0 saturated heterocycles. The van der Waals surface area contributed by atoms with Gasteiger partial charge < -0.3 is 4.90 Å². The minimum Gasteiger partial charge on any atom is -0.371 e. The lowest BCUT2D eigenvalue weighted by molar-refractivity contribution is 0.451. The number of para-hydroxylation sites is 1. The summed E-state index contributed by atoms with van der Waals surface area (Å²) in [6, 6.07) is 8.92. The van der Waals surface area contributed by atoms with Gasteiger partial charge in [-0.05, 0) is 29.9 Å². The number of anilines is 1. The third kappa shape index (κ3) is 2.09. The minimum absolute atomic E-state index is 0.347. The molecule has 1 heterocycles. The number of fused-ring (bicyclic) bond motifs is 1. The number of benzene rings is 1. The molecule has 0 amide bonds. The van der Waals surface area contributed by atoms with Gasteiger partial charge in [0.1, 0.15) is 0 Å². The zero-order chi connectivity index (χ0) is 11.6. The van der Waals surface area contributed by atoms with Crippen LogP contribution in [0.1, 0.15) is 45.6 Å². The predicted octanol–water partition coefficient (Wildman–Crippen LogP) is 3.97. The van der Waals surface area contributed by atoms with Crippen molar-refractivity contribution in [2.24, 2.45) is 0 Å². The van der Waals surface area contributed by atoms with E-state index in [4.69, 9.17) is 0 Å². The Morgan fingerprint density at radius 2 is 2.00 bits per heavy atom. The van der Waals surface area contributed by atoms with Crippen molar-refractivity contribution in [2.75, 3.05) is 18.0 Å². The van der Waals surface area contributed by atoms with E-state index in [0.29, 0.717) is 5.41 Å². The largest absolute Gasteiger partial charge is 0.371 e. The number of nitrogens with zero attached hydrogens (tertiary/aromatic N) is 1. The average molecular weight is 217 g/mol. The fraction of sp³-hybridized carbons (Fsp3) is 0.600. The van der Waals surface area contributed by atoms with Gasteiger partial charge in [-0.25, -0.2) is 0 Å². The molecule has 0 spiro atoms. The molecule has 1 nitrogen and oxygen atoms in total. The Hall–Kier alpha value is -0.980. The number of hydrogen-bond acceptors (Lipinski definition) is 1. The second kappa shape index (κ2) is 4.48. The summed E-state index contributed by atoms with van der Waals surface area (Å²) in [6.45, 7) is 9.42. The summed E-state index contributed by atoms with van der Waals surface area (Å²) >= 11 is 0. The molecule has 1 aliphatic rings. The molecular weight excluding hydrogens is 194 g/mol. The van der Waals surface area contributed by atoms with Gasteiger partial charge in [0.2, 0.25) is 0 Å². The molecule has 0 atom stereocenters. The van der Waals surface area contributed by atoms with E-state index < -0.39 is 0 Å². The molecule has 0 saturated carbocycles. The summed E-state index contributed by atoms with van der Waals surface area (Å²) in [7, 11) is 0.